The van der Waals surface area contributed by atoms with Gasteiger partial charge in [0.2, 0.25) is 0 Å². The minimum Gasteiger partial charge on any atom is -0.361 e. The van der Waals surface area contributed by atoms with E-state index < -0.39 is 0 Å². The van der Waals surface area contributed by atoms with Crippen molar-refractivity contribution >= 4 is 47.1 Å². The van der Waals surface area contributed by atoms with Crippen LogP contribution in [0.3, 0.4) is 0 Å². The zero-order valence-corrected chi connectivity index (χ0v) is 13.5. The molecule has 0 spiro atoms. The fraction of sp³-hybridized carbons (Fsp3) is 0.105. The van der Waals surface area contributed by atoms with Crippen LogP contribution >= 0.6 is 8.53 Å². The molecule has 0 fully saturated rings. The van der Waals surface area contributed by atoms with Gasteiger partial charge in [0, 0.05) is 0 Å². The fourth-order valence-electron chi connectivity index (χ4n) is 2.93. The minimum atomic E-state index is -0.370. The Balaban J connectivity index is 0.000000354. The number of hydrogen-bond acceptors (Lipinski definition) is 0. The van der Waals surface area contributed by atoms with E-state index in [4.69, 9.17) is 6.81 Å². The van der Waals surface area contributed by atoms with Crippen molar-refractivity contribution in [3.63, 3.8) is 0 Å². The van der Waals surface area contributed by atoms with Crippen molar-refractivity contribution in [3.05, 3.63) is 65.7 Å². The average molecular weight is 305 g/mol. The topological polar surface area (TPSA) is 36.4 Å². The molecule has 0 N–H and O–H groups in total. The van der Waals surface area contributed by atoms with Gasteiger partial charge in [-0.3, -0.25) is 0 Å². The van der Waals surface area contributed by atoms with E-state index in [1.54, 1.807) is 0 Å². The second-order valence-electron chi connectivity index (χ2n) is 5.20. The summed E-state index contributed by atoms with van der Waals surface area (Å²) in [6.07, 6.45) is 1.49. The summed E-state index contributed by atoms with van der Waals surface area (Å²) in [5.41, 5.74) is 9.72. The van der Waals surface area contributed by atoms with Gasteiger partial charge in [-0.15, -0.1) is 8.53 Å². The van der Waals surface area contributed by atoms with E-state index in [9.17, 15) is 0 Å². The first-order chi connectivity index (χ1) is 11.1. The molecular weight excluding hydrogens is 287 g/mol. The van der Waals surface area contributed by atoms with E-state index in [1.165, 1.54) is 33.1 Å². The molecule has 0 aliphatic carbocycles. The van der Waals surface area contributed by atoms with Gasteiger partial charge in [0.1, 0.15) is 0 Å². The summed E-state index contributed by atoms with van der Waals surface area (Å²) in [6, 6.07) is 18.9. The average Bonchev–Trinajstić information content (AvgIpc) is 2.54. The van der Waals surface area contributed by atoms with Gasteiger partial charge in [0.25, 0.3) is 6.21 Å². The smallest absolute Gasteiger partial charge is 0.288 e. The molecule has 4 rings (SSSR count). The maximum atomic E-state index is 8.79. The fourth-order valence-corrected chi connectivity index (χ4v) is 2.93. The maximum Gasteiger partial charge on any atom is 0.288 e. The highest BCUT2D eigenvalue weighted by atomic mass is 31.1. The summed E-state index contributed by atoms with van der Waals surface area (Å²) in [6.45, 7) is 3.80. The summed E-state index contributed by atoms with van der Waals surface area (Å²) in [5.74, 6) is 0. The first-order valence-electron chi connectivity index (χ1n) is 7.56. The monoisotopic (exact) mass is 305 g/mol. The normalized spacial score (nSPS) is 11.3. The molecule has 0 aliphatic heterocycles. The van der Waals surface area contributed by atoms with Crippen molar-refractivity contribution in [2.24, 2.45) is 0 Å². The van der Waals surface area contributed by atoms with Crippen molar-refractivity contribution in [1.29, 1.82) is 1.28 Å². The third kappa shape index (κ3) is 2.37. The van der Waals surface area contributed by atoms with Gasteiger partial charge >= 0.3 is 0 Å². The summed E-state index contributed by atoms with van der Waals surface area (Å²) in [5, 5.41) is 7.36. The molecular formula is C19H17N2P. The Morgan fingerprint density at radius 3 is 2.09 bits per heavy atom. The Morgan fingerprint density at radius 1 is 0.909 bits per heavy atom. The third-order valence-corrected chi connectivity index (χ3v) is 3.76. The molecule has 22 heavy (non-hydrogen) atoms. The van der Waals surface area contributed by atoms with E-state index in [-0.39, 0.29) is 8.53 Å². The predicted octanol–water partition coefficient (Wildman–Crippen LogP) is 5.16. The van der Waals surface area contributed by atoms with E-state index in [1.807, 2.05) is 19.4 Å². The highest BCUT2D eigenvalue weighted by Crippen LogP contribution is 2.35. The van der Waals surface area contributed by atoms with Gasteiger partial charge in [-0.05, 0) is 51.7 Å². The Morgan fingerprint density at radius 2 is 1.45 bits per heavy atom. The van der Waals surface area contributed by atoms with Crippen LogP contribution in [0.25, 0.3) is 37.8 Å². The largest absolute Gasteiger partial charge is 0.361 e. The van der Waals surface area contributed by atoms with Gasteiger partial charge in [-0.1, -0.05) is 48.5 Å². The van der Waals surface area contributed by atoms with Gasteiger partial charge in [0.15, 0.2) is 0 Å². The highest BCUT2D eigenvalue weighted by molar-refractivity contribution is 7.35. The summed E-state index contributed by atoms with van der Waals surface area (Å²) in [4.78, 5) is 3.16. The van der Waals surface area contributed by atoms with Gasteiger partial charge in [-0.2, -0.15) is 4.79 Å². The van der Waals surface area contributed by atoms with Crippen LogP contribution in [0.1, 0.15) is 5.56 Å². The van der Waals surface area contributed by atoms with Crippen molar-refractivity contribution in [3.8, 4) is 0 Å². The van der Waals surface area contributed by atoms with Gasteiger partial charge < -0.3 is 5.53 Å². The zero-order valence-electron chi connectivity index (χ0n) is 13.6. The van der Waals surface area contributed by atoms with Crippen LogP contribution in [0, 0.1) is 0 Å². The first-order valence-corrected chi connectivity index (χ1v) is 8.91. The molecule has 0 amide bonds. The SMILES string of the molecule is [2H]P(C)C.[N-]=[N+]=Cc1ccc2ccc3cccc4ccc1c2c34. The molecule has 2 nitrogen and oxygen atoms in total. The second kappa shape index (κ2) is 6.23. The van der Waals surface area contributed by atoms with Crippen molar-refractivity contribution in [1.82, 2.24) is 0 Å². The lowest BCUT2D eigenvalue weighted by Crippen LogP contribution is -1.89. The van der Waals surface area contributed by atoms with E-state index >= 15 is 0 Å². The number of rotatable bonds is 1. The summed E-state index contributed by atoms with van der Waals surface area (Å²) in [7, 11) is -0.370. The molecule has 0 aliphatic rings. The van der Waals surface area contributed by atoms with Crippen LogP contribution in [0.2, 0.25) is 0 Å². The molecule has 0 bridgehead atoms. The Hall–Kier alpha value is -2.27. The Labute approximate surface area is 132 Å². The van der Waals surface area contributed by atoms with E-state index in [0.717, 1.165) is 10.9 Å². The zero-order chi connectivity index (χ0) is 16.4. The first kappa shape index (κ1) is 13.4. The van der Waals surface area contributed by atoms with Crippen molar-refractivity contribution < 1.29 is 4.79 Å². The molecule has 0 heterocycles. The predicted molar refractivity (Wildman–Crippen MR) is 99.1 cm³/mol. The third-order valence-electron chi connectivity index (χ3n) is 3.76. The second-order valence-corrected chi connectivity index (χ2v) is 6.10. The molecule has 0 atom stereocenters. The quantitative estimate of drug-likeness (QED) is 0.153. The van der Waals surface area contributed by atoms with Crippen LogP contribution < -0.4 is 0 Å². The molecule has 4 aromatic rings. The van der Waals surface area contributed by atoms with Crippen LogP contribution in [0.15, 0.2) is 54.6 Å². The molecule has 0 aromatic heterocycles. The van der Waals surface area contributed by atoms with Gasteiger partial charge in [0.05, 0.1) is 6.84 Å². The van der Waals surface area contributed by atoms with Crippen LogP contribution in [-0.2, 0) is 0 Å². The summed E-state index contributed by atoms with van der Waals surface area (Å²) < 4.78 is 6.65. The minimum absolute atomic E-state index is 0.370. The standard InChI is InChI=1S/C17H10N2.C2H7P/c18-19-10-14-7-6-13-5-4-11-2-1-3-12-8-9-15(14)17(13)16(11)12;1-3-2/h1-10H;3H,1-2H3/i;3D. The van der Waals surface area contributed by atoms with Crippen LogP contribution in [-0.4, -0.2) is 25.6 Å². The molecule has 0 unspecified atom stereocenters. The molecule has 4 aromatic carbocycles. The molecule has 0 radical (unpaired) electrons. The lowest BCUT2D eigenvalue weighted by Gasteiger charge is -2.10. The van der Waals surface area contributed by atoms with Crippen molar-refractivity contribution in [2.75, 3.05) is 13.3 Å². The molecule has 0 saturated heterocycles. The number of nitrogens with zero attached hydrogens (tertiary/aromatic N) is 2. The lowest BCUT2D eigenvalue weighted by molar-refractivity contribution is 0.00467. The lowest BCUT2D eigenvalue weighted by atomic mass is 9.92. The molecule has 0 saturated carbocycles. The Bertz CT molecular complexity index is 1000. The molecule has 3 heteroatoms. The highest BCUT2D eigenvalue weighted by Gasteiger charge is 2.10. The Kier molecular flexibility index (Phi) is 3.80. The van der Waals surface area contributed by atoms with E-state index in [0.29, 0.717) is 0 Å². The van der Waals surface area contributed by atoms with Crippen LogP contribution in [0.4, 0.5) is 0 Å². The van der Waals surface area contributed by atoms with Crippen LogP contribution in [0.5, 0.6) is 0 Å². The maximum absolute atomic E-state index is 8.79. The number of benzene rings is 4. The van der Waals surface area contributed by atoms with Gasteiger partial charge in [-0.25, -0.2) is 0 Å². The molecule has 108 valence electrons. The number of hydrogen-bond donors (Lipinski definition) is 0. The summed E-state index contributed by atoms with van der Waals surface area (Å²) >= 11 is 0. The van der Waals surface area contributed by atoms with E-state index in [2.05, 4.69) is 53.3 Å². The van der Waals surface area contributed by atoms with Crippen molar-refractivity contribution in [2.45, 2.75) is 0 Å².